The molecular weight excluding hydrogens is 424 g/mol. The average molecular weight is 451 g/mol. The number of fused-ring (bicyclic) bond motifs is 3. The number of aryl methyl sites for hydroxylation is 1. The summed E-state index contributed by atoms with van der Waals surface area (Å²) in [5, 5.41) is 12.6. The lowest BCUT2D eigenvalue weighted by Gasteiger charge is -2.23. The van der Waals surface area contributed by atoms with Gasteiger partial charge in [-0.1, -0.05) is 0 Å². The smallest absolute Gasteiger partial charge is 0.287 e. The van der Waals surface area contributed by atoms with Gasteiger partial charge in [0.2, 0.25) is 5.82 Å². The quantitative estimate of drug-likeness (QED) is 0.465. The third-order valence-corrected chi connectivity index (χ3v) is 6.10. The number of rotatable bonds is 4. The summed E-state index contributed by atoms with van der Waals surface area (Å²) in [7, 11) is 1.71. The van der Waals surface area contributed by atoms with Crippen LogP contribution in [-0.4, -0.2) is 62.5 Å². The van der Waals surface area contributed by atoms with Gasteiger partial charge in [-0.15, -0.1) is 0 Å². The van der Waals surface area contributed by atoms with Crippen LogP contribution >= 0.6 is 0 Å². The SMILES string of the molecule is CC1CNC(=O)c2cc3ccc(C(=O)Nc4cn(C)c(C(=O)N[C@@H]5CCCNC5)n4)nc3n21. The summed E-state index contributed by atoms with van der Waals surface area (Å²) in [5.41, 5.74) is 1.32. The highest BCUT2D eigenvalue weighted by Crippen LogP contribution is 2.25. The van der Waals surface area contributed by atoms with Gasteiger partial charge in [0.1, 0.15) is 17.0 Å². The van der Waals surface area contributed by atoms with Crippen LogP contribution in [-0.2, 0) is 7.05 Å². The number of nitrogens with one attached hydrogen (secondary N) is 4. The summed E-state index contributed by atoms with van der Waals surface area (Å²) >= 11 is 0. The molecule has 33 heavy (non-hydrogen) atoms. The van der Waals surface area contributed by atoms with Gasteiger partial charge in [-0.3, -0.25) is 14.4 Å². The molecule has 5 rings (SSSR count). The van der Waals surface area contributed by atoms with Gasteiger partial charge >= 0.3 is 0 Å². The van der Waals surface area contributed by atoms with Gasteiger partial charge in [0.25, 0.3) is 17.7 Å². The van der Waals surface area contributed by atoms with Crippen molar-refractivity contribution in [1.82, 2.24) is 35.1 Å². The fourth-order valence-corrected chi connectivity index (χ4v) is 4.41. The summed E-state index contributed by atoms with van der Waals surface area (Å²) in [6.45, 7) is 4.19. The fourth-order valence-electron chi connectivity index (χ4n) is 4.41. The number of piperidine rings is 1. The molecule has 1 fully saturated rings. The minimum absolute atomic E-state index is 0.0252. The summed E-state index contributed by atoms with van der Waals surface area (Å²) in [4.78, 5) is 46.5. The number of carbonyl (C=O) groups excluding carboxylic acids is 3. The van der Waals surface area contributed by atoms with Crippen LogP contribution in [0.3, 0.4) is 0 Å². The molecule has 3 aromatic rings. The second-order valence-electron chi connectivity index (χ2n) is 8.60. The zero-order valence-electron chi connectivity index (χ0n) is 18.5. The Morgan fingerprint density at radius 1 is 1.18 bits per heavy atom. The molecule has 172 valence electrons. The number of nitrogens with zero attached hydrogens (tertiary/aromatic N) is 4. The van der Waals surface area contributed by atoms with Gasteiger partial charge in [0.15, 0.2) is 5.82 Å². The van der Waals surface area contributed by atoms with Crippen molar-refractivity contribution in [3.8, 4) is 0 Å². The first-order valence-corrected chi connectivity index (χ1v) is 11.1. The van der Waals surface area contributed by atoms with E-state index in [-0.39, 0.29) is 41.2 Å². The first-order chi connectivity index (χ1) is 15.9. The van der Waals surface area contributed by atoms with E-state index in [4.69, 9.17) is 0 Å². The van der Waals surface area contributed by atoms with E-state index in [1.165, 1.54) is 0 Å². The Balaban J connectivity index is 1.34. The molecule has 3 amide bonds. The van der Waals surface area contributed by atoms with Crippen molar-refractivity contribution in [2.75, 3.05) is 25.0 Å². The lowest BCUT2D eigenvalue weighted by atomic mass is 10.1. The Bertz CT molecular complexity index is 1250. The van der Waals surface area contributed by atoms with Crippen molar-refractivity contribution >= 4 is 34.6 Å². The minimum atomic E-state index is -0.443. The average Bonchev–Trinajstić information content (AvgIpc) is 3.37. The normalized spacial score (nSPS) is 20.2. The summed E-state index contributed by atoms with van der Waals surface area (Å²) in [5.74, 6) is -0.387. The molecular formula is C22H26N8O3. The molecule has 0 bridgehead atoms. The molecule has 0 aromatic carbocycles. The van der Waals surface area contributed by atoms with Gasteiger partial charge in [-0.05, 0) is 44.5 Å². The topological polar surface area (TPSA) is 135 Å². The minimum Gasteiger partial charge on any atom is -0.349 e. The van der Waals surface area contributed by atoms with Crippen LogP contribution in [0.2, 0.25) is 0 Å². The molecule has 5 heterocycles. The van der Waals surface area contributed by atoms with E-state index in [2.05, 4.69) is 31.2 Å². The van der Waals surface area contributed by atoms with Crippen molar-refractivity contribution in [2.24, 2.45) is 7.05 Å². The van der Waals surface area contributed by atoms with Crippen LogP contribution in [0.15, 0.2) is 24.4 Å². The molecule has 2 aliphatic rings. The van der Waals surface area contributed by atoms with E-state index in [9.17, 15) is 14.4 Å². The molecule has 0 spiro atoms. The molecule has 11 heteroatoms. The molecule has 0 radical (unpaired) electrons. The maximum absolute atomic E-state index is 12.9. The Morgan fingerprint density at radius 2 is 2.03 bits per heavy atom. The van der Waals surface area contributed by atoms with E-state index in [0.717, 1.165) is 31.3 Å². The van der Waals surface area contributed by atoms with Crippen LogP contribution in [0, 0.1) is 0 Å². The van der Waals surface area contributed by atoms with Gasteiger partial charge in [-0.25, -0.2) is 9.97 Å². The molecule has 2 aliphatic heterocycles. The Morgan fingerprint density at radius 3 is 2.82 bits per heavy atom. The van der Waals surface area contributed by atoms with Gasteiger partial charge < -0.3 is 30.4 Å². The van der Waals surface area contributed by atoms with Crippen LogP contribution < -0.4 is 21.3 Å². The lowest BCUT2D eigenvalue weighted by molar-refractivity contribution is 0.0910. The molecule has 11 nitrogen and oxygen atoms in total. The Labute approximate surface area is 189 Å². The Hall–Kier alpha value is -3.73. The lowest BCUT2D eigenvalue weighted by Crippen LogP contribution is -2.46. The maximum atomic E-state index is 12.9. The van der Waals surface area contributed by atoms with Crippen LogP contribution in [0.5, 0.6) is 0 Å². The van der Waals surface area contributed by atoms with E-state index in [1.807, 2.05) is 11.5 Å². The van der Waals surface area contributed by atoms with Crippen molar-refractivity contribution in [2.45, 2.75) is 31.8 Å². The third-order valence-electron chi connectivity index (χ3n) is 6.10. The summed E-state index contributed by atoms with van der Waals surface area (Å²) < 4.78 is 3.44. The first-order valence-electron chi connectivity index (χ1n) is 11.1. The highest BCUT2D eigenvalue weighted by molar-refractivity contribution is 6.05. The van der Waals surface area contributed by atoms with Crippen LogP contribution in [0.25, 0.3) is 11.0 Å². The van der Waals surface area contributed by atoms with Crippen LogP contribution in [0.1, 0.15) is 57.4 Å². The van der Waals surface area contributed by atoms with Gasteiger partial charge in [0, 0.05) is 37.8 Å². The third kappa shape index (κ3) is 3.95. The molecule has 0 saturated carbocycles. The second-order valence-corrected chi connectivity index (χ2v) is 8.60. The number of pyridine rings is 1. The second kappa shape index (κ2) is 8.32. The van der Waals surface area contributed by atoms with Crippen molar-refractivity contribution in [1.29, 1.82) is 0 Å². The fraction of sp³-hybridized carbons (Fsp3) is 0.409. The van der Waals surface area contributed by atoms with E-state index < -0.39 is 5.91 Å². The number of carbonyl (C=O) groups is 3. The number of aromatic nitrogens is 4. The summed E-state index contributed by atoms with van der Waals surface area (Å²) in [6, 6.07) is 5.25. The zero-order valence-corrected chi connectivity index (χ0v) is 18.5. The number of imidazole rings is 1. The number of anilines is 1. The van der Waals surface area contributed by atoms with Crippen molar-refractivity contribution in [3.05, 3.63) is 41.6 Å². The molecule has 0 aliphatic carbocycles. The highest BCUT2D eigenvalue weighted by atomic mass is 16.2. The number of hydrogen-bond donors (Lipinski definition) is 4. The monoisotopic (exact) mass is 450 g/mol. The Kier molecular flexibility index (Phi) is 5.33. The highest BCUT2D eigenvalue weighted by Gasteiger charge is 2.26. The predicted molar refractivity (Wildman–Crippen MR) is 121 cm³/mol. The molecule has 3 aromatic heterocycles. The van der Waals surface area contributed by atoms with Gasteiger partial charge in [0.05, 0.1) is 6.04 Å². The van der Waals surface area contributed by atoms with Gasteiger partial charge in [-0.2, -0.15) is 0 Å². The maximum Gasteiger partial charge on any atom is 0.287 e. The molecule has 4 N–H and O–H groups in total. The van der Waals surface area contributed by atoms with Crippen LogP contribution in [0.4, 0.5) is 5.82 Å². The van der Waals surface area contributed by atoms with Crippen molar-refractivity contribution < 1.29 is 14.4 Å². The van der Waals surface area contributed by atoms with Crippen molar-refractivity contribution in [3.63, 3.8) is 0 Å². The predicted octanol–water partition coefficient (Wildman–Crippen LogP) is 0.808. The largest absolute Gasteiger partial charge is 0.349 e. The zero-order chi connectivity index (χ0) is 23.1. The first kappa shape index (κ1) is 21.1. The van der Waals surface area contributed by atoms with E-state index in [1.54, 1.807) is 36.0 Å². The standard InChI is InChI=1S/C22H26N8O3/c1-12-9-24-21(32)16-8-13-5-6-15(26-18(13)30(12)16)20(31)28-17-11-29(2)19(27-17)22(33)25-14-4-3-7-23-10-14/h5-6,8,11-12,14,23H,3-4,7,9-10H2,1-2H3,(H,24,32)(H,25,33)(H,28,31)/t12?,14-/m1/s1. The summed E-state index contributed by atoms with van der Waals surface area (Å²) in [6.07, 6.45) is 3.53. The van der Waals surface area contributed by atoms with E-state index in [0.29, 0.717) is 17.9 Å². The number of hydrogen-bond acceptors (Lipinski definition) is 6. The molecule has 1 saturated heterocycles. The molecule has 2 atom stereocenters. The number of amides is 3. The molecule has 1 unspecified atom stereocenters. The van der Waals surface area contributed by atoms with E-state index >= 15 is 0 Å².